The number of carbonyl (C=O) groups excluding carboxylic acids is 1. The van der Waals surface area contributed by atoms with Gasteiger partial charge < -0.3 is 19.3 Å². The maximum atomic E-state index is 12.4. The number of hydrogen-bond donors (Lipinski definition) is 1. The highest BCUT2D eigenvalue weighted by Crippen LogP contribution is 2.22. The molecule has 1 aromatic heterocycles. The molecule has 0 saturated carbocycles. The number of carbonyl (C=O) groups is 1. The Kier molecular flexibility index (Phi) is 3.41. The minimum atomic E-state index is -0.445. The number of aromatic nitrogens is 2. The van der Waals surface area contributed by atoms with Crippen molar-refractivity contribution < 1.29 is 14.6 Å². The van der Waals surface area contributed by atoms with Gasteiger partial charge in [-0.3, -0.25) is 4.79 Å². The van der Waals surface area contributed by atoms with Gasteiger partial charge in [0.05, 0.1) is 30.8 Å². The number of aliphatic hydroxyl groups is 1. The number of imidazole rings is 1. The van der Waals surface area contributed by atoms with Crippen molar-refractivity contribution in [3.63, 3.8) is 0 Å². The average molecular weight is 253 g/mol. The van der Waals surface area contributed by atoms with Gasteiger partial charge in [-0.1, -0.05) is 0 Å². The zero-order valence-corrected chi connectivity index (χ0v) is 11.0. The smallest absolute Gasteiger partial charge is 0.272 e. The maximum absolute atomic E-state index is 12.4. The van der Waals surface area contributed by atoms with Crippen LogP contribution in [-0.4, -0.2) is 56.9 Å². The van der Waals surface area contributed by atoms with E-state index in [4.69, 9.17) is 4.74 Å². The van der Waals surface area contributed by atoms with Crippen molar-refractivity contribution in [1.82, 2.24) is 14.5 Å². The molecular weight excluding hydrogens is 234 g/mol. The average Bonchev–Trinajstić information content (AvgIpc) is 2.72. The van der Waals surface area contributed by atoms with Crippen LogP contribution in [0, 0.1) is 0 Å². The van der Waals surface area contributed by atoms with Gasteiger partial charge in [-0.15, -0.1) is 0 Å². The van der Waals surface area contributed by atoms with Crippen molar-refractivity contribution in [2.75, 3.05) is 19.7 Å². The van der Waals surface area contributed by atoms with Crippen LogP contribution in [0.5, 0.6) is 0 Å². The Morgan fingerprint density at radius 3 is 2.94 bits per heavy atom. The topological polar surface area (TPSA) is 67.6 Å². The lowest BCUT2D eigenvalue weighted by Crippen LogP contribution is -2.55. The Labute approximate surface area is 106 Å². The van der Waals surface area contributed by atoms with Gasteiger partial charge in [-0.05, 0) is 13.8 Å². The van der Waals surface area contributed by atoms with Gasteiger partial charge in [-0.2, -0.15) is 0 Å². The molecule has 2 rings (SSSR count). The molecule has 6 heteroatoms. The lowest BCUT2D eigenvalue weighted by Gasteiger charge is -2.42. The molecule has 1 N–H and O–H groups in total. The van der Waals surface area contributed by atoms with Crippen molar-refractivity contribution in [1.29, 1.82) is 0 Å². The van der Waals surface area contributed by atoms with Crippen LogP contribution in [0.15, 0.2) is 12.5 Å². The fourth-order valence-electron chi connectivity index (χ4n) is 2.27. The number of hydrogen-bond acceptors (Lipinski definition) is 4. The summed E-state index contributed by atoms with van der Waals surface area (Å²) in [5.74, 6) is -0.0789. The molecular formula is C12H19N3O3. The number of amides is 1. The van der Waals surface area contributed by atoms with E-state index < -0.39 is 5.60 Å². The molecule has 1 aromatic rings. The summed E-state index contributed by atoms with van der Waals surface area (Å²) in [4.78, 5) is 18.0. The summed E-state index contributed by atoms with van der Waals surface area (Å²) in [6.07, 6.45) is 2.83. The minimum Gasteiger partial charge on any atom is -0.394 e. The lowest BCUT2D eigenvalue weighted by molar-refractivity contribution is -0.139. The van der Waals surface area contributed by atoms with Crippen molar-refractivity contribution >= 4 is 5.91 Å². The zero-order valence-electron chi connectivity index (χ0n) is 11.0. The fourth-order valence-corrected chi connectivity index (χ4v) is 2.27. The molecule has 6 nitrogen and oxygen atoms in total. The number of morpholine rings is 1. The van der Waals surface area contributed by atoms with E-state index in [1.807, 2.05) is 13.8 Å². The van der Waals surface area contributed by atoms with Gasteiger partial charge in [0.25, 0.3) is 5.91 Å². The van der Waals surface area contributed by atoms with E-state index in [1.165, 1.54) is 0 Å². The Bertz CT molecular complexity index is 442. The number of aryl methyl sites for hydroxylation is 1. The quantitative estimate of drug-likeness (QED) is 0.807. The molecule has 1 saturated heterocycles. The SMILES string of the molecule is Cn1cncc1C(=O)N1CC(CO)OC(C)(C)C1. The molecule has 1 atom stereocenters. The van der Waals surface area contributed by atoms with Crippen LogP contribution in [0.3, 0.4) is 0 Å². The number of ether oxygens (including phenoxy) is 1. The fraction of sp³-hybridized carbons (Fsp3) is 0.667. The van der Waals surface area contributed by atoms with Gasteiger partial charge >= 0.3 is 0 Å². The molecule has 0 aliphatic carbocycles. The van der Waals surface area contributed by atoms with Crippen LogP contribution in [0.25, 0.3) is 0 Å². The second-order valence-electron chi connectivity index (χ2n) is 5.26. The highest BCUT2D eigenvalue weighted by molar-refractivity contribution is 5.92. The van der Waals surface area contributed by atoms with E-state index in [2.05, 4.69) is 4.98 Å². The summed E-state index contributed by atoms with van der Waals surface area (Å²) in [7, 11) is 1.79. The summed E-state index contributed by atoms with van der Waals surface area (Å²) in [6, 6.07) is 0. The first-order valence-corrected chi connectivity index (χ1v) is 5.97. The third-order valence-corrected chi connectivity index (χ3v) is 3.01. The van der Waals surface area contributed by atoms with E-state index >= 15 is 0 Å². The molecule has 100 valence electrons. The van der Waals surface area contributed by atoms with E-state index in [-0.39, 0.29) is 18.6 Å². The highest BCUT2D eigenvalue weighted by Gasteiger charge is 2.36. The van der Waals surface area contributed by atoms with Crippen LogP contribution in [0.2, 0.25) is 0 Å². The summed E-state index contributed by atoms with van der Waals surface area (Å²) < 4.78 is 7.38. The molecule has 0 bridgehead atoms. The van der Waals surface area contributed by atoms with Crippen LogP contribution in [-0.2, 0) is 11.8 Å². The molecule has 0 radical (unpaired) electrons. The largest absolute Gasteiger partial charge is 0.394 e. The summed E-state index contributed by atoms with van der Waals surface area (Å²) in [5, 5.41) is 9.23. The number of nitrogens with zero attached hydrogens (tertiary/aromatic N) is 3. The van der Waals surface area contributed by atoms with Crippen LogP contribution >= 0.6 is 0 Å². The Hall–Kier alpha value is -1.40. The third-order valence-electron chi connectivity index (χ3n) is 3.01. The summed E-state index contributed by atoms with van der Waals surface area (Å²) in [5.41, 5.74) is 0.101. The van der Waals surface area contributed by atoms with Crippen LogP contribution in [0.1, 0.15) is 24.3 Å². The molecule has 2 heterocycles. The van der Waals surface area contributed by atoms with Crippen molar-refractivity contribution in [3.05, 3.63) is 18.2 Å². The van der Waals surface area contributed by atoms with Crippen molar-refractivity contribution in [2.45, 2.75) is 25.6 Å². The van der Waals surface area contributed by atoms with Gasteiger partial charge in [0.2, 0.25) is 0 Å². The molecule has 0 aromatic carbocycles. The summed E-state index contributed by atoms with van der Waals surface area (Å²) in [6.45, 7) is 4.66. The Balaban J connectivity index is 2.17. The maximum Gasteiger partial charge on any atom is 0.272 e. The molecule has 1 amide bonds. The van der Waals surface area contributed by atoms with Gasteiger partial charge in [0.1, 0.15) is 5.69 Å². The minimum absolute atomic E-state index is 0.0789. The van der Waals surface area contributed by atoms with Crippen LogP contribution < -0.4 is 0 Å². The first-order valence-electron chi connectivity index (χ1n) is 5.97. The Morgan fingerprint density at radius 1 is 1.67 bits per heavy atom. The zero-order chi connectivity index (χ0) is 13.3. The standard InChI is InChI=1S/C12H19N3O3/c1-12(2)7-15(5-9(6-16)18-12)11(17)10-4-13-8-14(10)3/h4,8-9,16H,5-7H2,1-3H3. The second kappa shape index (κ2) is 4.70. The van der Waals surface area contributed by atoms with Crippen molar-refractivity contribution in [2.24, 2.45) is 7.05 Å². The summed E-state index contributed by atoms with van der Waals surface area (Å²) >= 11 is 0. The number of aliphatic hydroxyl groups excluding tert-OH is 1. The molecule has 1 aliphatic rings. The Morgan fingerprint density at radius 2 is 2.39 bits per heavy atom. The van der Waals surface area contributed by atoms with Crippen molar-refractivity contribution in [3.8, 4) is 0 Å². The predicted molar refractivity (Wildman–Crippen MR) is 65.1 cm³/mol. The highest BCUT2D eigenvalue weighted by atomic mass is 16.5. The van der Waals surface area contributed by atoms with E-state index in [9.17, 15) is 9.90 Å². The monoisotopic (exact) mass is 253 g/mol. The predicted octanol–water partition coefficient (Wildman–Crippen LogP) is 0.0320. The van der Waals surface area contributed by atoms with E-state index in [0.29, 0.717) is 18.8 Å². The molecule has 18 heavy (non-hydrogen) atoms. The number of rotatable bonds is 2. The molecule has 0 spiro atoms. The molecule has 1 fully saturated rings. The van der Waals surface area contributed by atoms with E-state index in [1.54, 1.807) is 29.0 Å². The van der Waals surface area contributed by atoms with E-state index in [0.717, 1.165) is 0 Å². The van der Waals surface area contributed by atoms with Crippen LogP contribution in [0.4, 0.5) is 0 Å². The third kappa shape index (κ3) is 2.54. The lowest BCUT2D eigenvalue weighted by atomic mass is 10.0. The molecule has 1 aliphatic heterocycles. The normalized spacial score (nSPS) is 23.1. The first-order chi connectivity index (χ1) is 8.43. The van der Waals surface area contributed by atoms with Gasteiger partial charge in [0.15, 0.2) is 0 Å². The second-order valence-corrected chi connectivity index (χ2v) is 5.26. The van der Waals surface area contributed by atoms with Gasteiger partial charge in [-0.25, -0.2) is 4.98 Å². The first kappa shape index (κ1) is 13.0. The molecule has 1 unspecified atom stereocenters. The van der Waals surface area contributed by atoms with Gasteiger partial charge in [0, 0.05) is 20.1 Å².